The molecule has 4 rings (SSSR count). The molecule has 138 valence electrons. The molecule has 3 saturated heterocycles. The molecule has 1 unspecified atom stereocenters. The van der Waals surface area contributed by atoms with Crippen LogP contribution < -0.4 is 5.32 Å². The molecule has 3 fully saturated rings. The molecule has 1 aromatic heterocycles. The normalized spacial score (nSPS) is 30.9. The third-order valence-corrected chi connectivity index (χ3v) is 5.92. The van der Waals surface area contributed by atoms with Gasteiger partial charge in [0.25, 0.3) is 0 Å². The average Bonchev–Trinajstić information content (AvgIpc) is 3.35. The van der Waals surface area contributed by atoms with Gasteiger partial charge in [0, 0.05) is 64.5 Å². The number of rotatable bonds is 4. The van der Waals surface area contributed by atoms with Crippen LogP contribution in [-0.2, 0) is 16.6 Å². The van der Waals surface area contributed by atoms with Gasteiger partial charge >= 0.3 is 0 Å². The minimum atomic E-state index is 0.0366. The quantitative estimate of drug-likeness (QED) is 0.834. The summed E-state index contributed by atoms with van der Waals surface area (Å²) in [7, 11) is 1.93. The van der Waals surface area contributed by atoms with Gasteiger partial charge in [-0.05, 0) is 18.4 Å². The van der Waals surface area contributed by atoms with E-state index in [0.717, 1.165) is 65.3 Å². The molecule has 25 heavy (non-hydrogen) atoms. The summed E-state index contributed by atoms with van der Waals surface area (Å²) < 4.78 is 7.27. The minimum absolute atomic E-state index is 0.0366. The molecule has 0 radical (unpaired) electrons. The van der Waals surface area contributed by atoms with Crippen LogP contribution in [-0.4, -0.2) is 84.0 Å². The van der Waals surface area contributed by atoms with E-state index in [9.17, 15) is 4.79 Å². The topological polar surface area (TPSA) is 62.6 Å². The maximum Gasteiger partial charge on any atom is 0.227 e. The zero-order valence-electron chi connectivity index (χ0n) is 15.1. The second kappa shape index (κ2) is 7.43. The van der Waals surface area contributed by atoms with Gasteiger partial charge in [-0.2, -0.15) is 5.10 Å². The van der Waals surface area contributed by atoms with Crippen LogP contribution in [0.25, 0.3) is 0 Å². The number of morpholine rings is 1. The van der Waals surface area contributed by atoms with E-state index in [-0.39, 0.29) is 11.8 Å². The molecule has 0 aromatic carbocycles. The zero-order chi connectivity index (χ0) is 17.2. The number of aryl methyl sites for hydroxylation is 1. The van der Waals surface area contributed by atoms with Gasteiger partial charge in [0.2, 0.25) is 5.91 Å². The standard InChI is InChI=1S/C18H29N5O2/c1-21-12-14(9-20-21)16-10-19-11-17(16)18(24)23-4-2-3-15(23)13-22-5-7-25-8-6-22/h9,12,15-17,19H,2-8,10-11,13H2,1H3/t15?,16-,17+/m1/s1. The first-order valence-electron chi connectivity index (χ1n) is 9.52. The molecule has 7 heteroatoms. The van der Waals surface area contributed by atoms with E-state index in [2.05, 4.69) is 20.2 Å². The number of hydrogen-bond acceptors (Lipinski definition) is 5. The van der Waals surface area contributed by atoms with E-state index in [1.54, 1.807) is 0 Å². The number of nitrogens with one attached hydrogen (secondary N) is 1. The van der Waals surface area contributed by atoms with Crippen molar-refractivity contribution in [2.75, 3.05) is 52.5 Å². The lowest BCUT2D eigenvalue weighted by atomic mass is 9.89. The molecule has 1 aromatic rings. The summed E-state index contributed by atoms with van der Waals surface area (Å²) in [6.45, 7) is 7.15. The van der Waals surface area contributed by atoms with Crippen molar-refractivity contribution < 1.29 is 9.53 Å². The molecule has 0 spiro atoms. The molecule has 3 aliphatic heterocycles. The van der Waals surface area contributed by atoms with Crippen molar-refractivity contribution in [3.8, 4) is 0 Å². The number of ether oxygens (including phenoxy) is 1. The lowest BCUT2D eigenvalue weighted by Gasteiger charge is -2.34. The first-order chi connectivity index (χ1) is 12.2. The fourth-order valence-corrected chi connectivity index (χ4v) is 4.53. The van der Waals surface area contributed by atoms with Crippen molar-refractivity contribution in [3.63, 3.8) is 0 Å². The van der Waals surface area contributed by atoms with Crippen LogP contribution in [0.1, 0.15) is 24.3 Å². The Morgan fingerprint density at radius 2 is 2.16 bits per heavy atom. The highest BCUT2D eigenvalue weighted by molar-refractivity contribution is 5.81. The maximum absolute atomic E-state index is 13.3. The number of hydrogen-bond donors (Lipinski definition) is 1. The van der Waals surface area contributed by atoms with Gasteiger partial charge in [-0.25, -0.2) is 0 Å². The average molecular weight is 347 g/mol. The van der Waals surface area contributed by atoms with E-state index < -0.39 is 0 Å². The highest BCUT2D eigenvalue weighted by atomic mass is 16.5. The molecule has 0 saturated carbocycles. The van der Waals surface area contributed by atoms with Crippen molar-refractivity contribution in [2.45, 2.75) is 24.8 Å². The van der Waals surface area contributed by atoms with Crippen molar-refractivity contribution in [3.05, 3.63) is 18.0 Å². The second-order valence-corrected chi connectivity index (χ2v) is 7.56. The number of nitrogens with zero attached hydrogens (tertiary/aromatic N) is 4. The fourth-order valence-electron chi connectivity index (χ4n) is 4.53. The van der Waals surface area contributed by atoms with Crippen LogP contribution in [0.5, 0.6) is 0 Å². The van der Waals surface area contributed by atoms with Gasteiger partial charge in [-0.15, -0.1) is 0 Å². The van der Waals surface area contributed by atoms with Crippen molar-refractivity contribution in [1.82, 2.24) is 24.9 Å². The van der Waals surface area contributed by atoms with E-state index >= 15 is 0 Å². The molecule has 1 N–H and O–H groups in total. The Bertz CT molecular complexity index is 598. The van der Waals surface area contributed by atoms with Gasteiger partial charge in [0.05, 0.1) is 25.3 Å². The summed E-state index contributed by atoms with van der Waals surface area (Å²) in [6, 6.07) is 0.362. The van der Waals surface area contributed by atoms with Crippen LogP contribution in [0.2, 0.25) is 0 Å². The van der Waals surface area contributed by atoms with Gasteiger partial charge in [-0.3, -0.25) is 14.4 Å². The summed E-state index contributed by atoms with van der Waals surface area (Å²) in [5, 5.41) is 7.71. The van der Waals surface area contributed by atoms with Gasteiger partial charge in [-0.1, -0.05) is 0 Å². The Balaban J connectivity index is 1.43. The number of aromatic nitrogens is 2. The second-order valence-electron chi connectivity index (χ2n) is 7.56. The third-order valence-electron chi connectivity index (χ3n) is 5.92. The molecule has 4 heterocycles. The number of amides is 1. The third kappa shape index (κ3) is 3.59. The Kier molecular flexibility index (Phi) is 5.05. The molecule has 1 amide bonds. The minimum Gasteiger partial charge on any atom is -0.379 e. The number of likely N-dealkylation sites (tertiary alicyclic amines) is 1. The smallest absolute Gasteiger partial charge is 0.227 e. The Labute approximate surface area is 149 Å². The van der Waals surface area contributed by atoms with Crippen molar-refractivity contribution in [1.29, 1.82) is 0 Å². The largest absolute Gasteiger partial charge is 0.379 e. The van der Waals surface area contributed by atoms with E-state index in [1.165, 1.54) is 5.56 Å². The SMILES string of the molecule is Cn1cc([C@H]2CNC[C@@H]2C(=O)N2CCCC2CN2CCOCC2)cn1. The predicted molar refractivity (Wildman–Crippen MR) is 94.3 cm³/mol. The molecular formula is C18H29N5O2. The first kappa shape index (κ1) is 17.0. The number of carbonyl (C=O) groups excluding carboxylic acids is 1. The van der Waals surface area contributed by atoms with Crippen molar-refractivity contribution in [2.24, 2.45) is 13.0 Å². The monoisotopic (exact) mass is 347 g/mol. The maximum atomic E-state index is 13.3. The van der Waals surface area contributed by atoms with Crippen LogP contribution in [0, 0.1) is 5.92 Å². The summed E-state index contributed by atoms with van der Waals surface area (Å²) in [5.74, 6) is 0.606. The van der Waals surface area contributed by atoms with E-state index in [0.29, 0.717) is 11.9 Å². The van der Waals surface area contributed by atoms with Crippen LogP contribution in [0.15, 0.2) is 12.4 Å². The zero-order valence-corrected chi connectivity index (χ0v) is 15.1. The van der Waals surface area contributed by atoms with E-state index in [1.807, 2.05) is 24.1 Å². The first-order valence-corrected chi connectivity index (χ1v) is 9.52. The van der Waals surface area contributed by atoms with E-state index in [4.69, 9.17) is 4.74 Å². The lowest BCUT2D eigenvalue weighted by molar-refractivity contribution is -0.136. The number of carbonyl (C=O) groups is 1. The van der Waals surface area contributed by atoms with Gasteiger partial charge in [0.15, 0.2) is 0 Å². The van der Waals surface area contributed by atoms with Gasteiger partial charge in [0.1, 0.15) is 0 Å². The molecule has 3 atom stereocenters. The Morgan fingerprint density at radius 1 is 1.32 bits per heavy atom. The Hall–Kier alpha value is -1.44. The predicted octanol–water partition coefficient (Wildman–Crippen LogP) is 0.0463. The lowest BCUT2D eigenvalue weighted by Crippen LogP contribution is -2.48. The van der Waals surface area contributed by atoms with Crippen LogP contribution >= 0.6 is 0 Å². The molecule has 3 aliphatic rings. The summed E-state index contributed by atoms with van der Waals surface area (Å²) in [5.41, 5.74) is 1.18. The Morgan fingerprint density at radius 3 is 2.92 bits per heavy atom. The van der Waals surface area contributed by atoms with Gasteiger partial charge < -0.3 is 15.0 Å². The molecule has 0 aliphatic carbocycles. The molecule has 0 bridgehead atoms. The molecule has 7 nitrogen and oxygen atoms in total. The molecular weight excluding hydrogens is 318 g/mol. The van der Waals surface area contributed by atoms with Crippen LogP contribution in [0.4, 0.5) is 0 Å². The summed E-state index contributed by atoms with van der Waals surface area (Å²) in [4.78, 5) is 17.9. The fraction of sp³-hybridized carbons (Fsp3) is 0.778. The highest BCUT2D eigenvalue weighted by Crippen LogP contribution is 2.31. The van der Waals surface area contributed by atoms with Crippen LogP contribution in [0.3, 0.4) is 0 Å². The summed E-state index contributed by atoms with van der Waals surface area (Å²) >= 11 is 0. The summed E-state index contributed by atoms with van der Waals surface area (Å²) in [6.07, 6.45) is 6.21. The van der Waals surface area contributed by atoms with Crippen molar-refractivity contribution >= 4 is 5.91 Å². The highest BCUT2D eigenvalue weighted by Gasteiger charge is 2.40.